The van der Waals surface area contributed by atoms with Gasteiger partial charge in [0.1, 0.15) is 12.1 Å². The number of para-hydroxylation sites is 4. The molecule has 0 spiro atoms. The molecule has 0 unspecified atom stereocenters. The molecule has 0 fully saturated rings. The fraction of sp³-hybridized carbons (Fsp3) is 0. The van der Waals surface area contributed by atoms with Gasteiger partial charge < -0.3 is 9.13 Å². The van der Waals surface area contributed by atoms with Crippen LogP contribution in [0.5, 0.6) is 0 Å². The van der Waals surface area contributed by atoms with E-state index in [2.05, 4.69) is 130 Å². The molecular formula is C56H32N6. The first-order chi connectivity index (χ1) is 30.7. The zero-order valence-electron chi connectivity index (χ0n) is 33.2. The van der Waals surface area contributed by atoms with E-state index >= 15 is 0 Å². The van der Waals surface area contributed by atoms with Gasteiger partial charge in [-0.15, -0.1) is 0 Å². The molecule has 0 aliphatic carbocycles. The topological polar surface area (TPSA) is 94.1 Å². The number of hydrogen-bond donors (Lipinski definition) is 0. The van der Waals surface area contributed by atoms with Gasteiger partial charge in [-0.05, 0) is 54.1 Å². The molecule has 0 radical (unpaired) electrons. The Morgan fingerprint density at radius 1 is 0.387 bits per heavy atom. The van der Waals surface area contributed by atoms with Crippen LogP contribution >= 0.6 is 0 Å². The first-order valence-electron chi connectivity index (χ1n) is 20.3. The molecule has 0 bridgehead atoms. The van der Waals surface area contributed by atoms with Gasteiger partial charge in [-0.25, -0.2) is 4.98 Å². The summed E-state index contributed by atoms with van der Waals surface area (Å²) in [7, 11) is 0. The molecule has 6 heteroatoms. The highest BCUT2D eigenvalue weighted by atomic mass is 15.0. The Kier molecular flexibility index (Phi) is 8.54. The summed E-state index contributed by atoms with van der Waals surface area (Å²) in [5.74, 6) is 0. The Labute approximate surface area is 357 Å². The van der Waals surface area contributed by atoms with Crippen LogP contribution in [0.2, 0.25) is 0 Å². The number of fused-ring (bicyclic) bond motifs is 7. The van der Waals surface area contributed by atoms with Gasteiger partial charge in [0.15, 0.2) is 0 Å². The van der Waals surface area contributed by atoms with Crippen molar-refractivity contribution in [1.29, 1.82) is 15.8 Å². The lowest BCUT2D eigenvalue weighted by molar-refractivity contribution is 1.17. The van der Waals surface area contributed by atoms with Crippen LogP contribution in [0, 0.1) is 34.0 Å². The van der Waals surface area contributed by atoms with Crippen molar-refractivity contribution in [3.63, 3.8) is 0 Å². The normalized spacial score (nSPS) is 11.2. The molecule has 0 saturated heterocycles. The average molecular weight is 789 g/mol. The summed E-state index contributed by atoms with van der Waals surface area (Å²) in [6.45, 7) is 0. The van der Waals surface area contributed by atoms with Crippen molar-refractivity contribution in [3.8, 4) is 74.4 Å². The van der Waals surface area contributed by atoms with Crippen LogP contribution < -0.4 is 0 Å². The van der Waals surface area contributed by atoms with Gasteiger partial charge in [-0.2, -0.15) is 15.8 Å². The smallest absolute Gasteiger partial charge is 0.102 e. The summed E-state index contributed by atoms with van der Waals surface area (Å²) in [6.07, 6.45) is 0. The van der Waals surface area contributed by atoms with Gasteiger partial charge in [-0.3, -0.25) is 0 Å². The molecule has 0 aliphatic heterocycles. The van der Waals surface area contributed by atoms with Crippen molar-refractivity contribution >= 4 is 43.6 Å². The van der Waals surface area contributed by atoms with Crippen molar-refractivity contribution < 1.29 is 0 Å². The number of nitriles is 3. The first kappa shape index (κ1) is 36.1. The third-order valence-electron chi connectivity index (χ3n) is 11.8. The second kappa shape index (κ2) is 14.7. The maximum Gasteiger partial charge on any atom is 0.102 e. The molecule has 3 heterocycles. The Hall–Kier alpha value is -9.02. The van der Waals surface area contributed by atoms with Crippen molar-refractivity contribution in [1.82, 2.24) is 14.1 Å². The van der Waals surface area contributed by atoms with Gasteiger partial charge in [0.25, 0.3) is 0 Å². The van der Waals surface area contributed by atoms with E-state index in [0.717, 1.165) is 77.2 Å². The van der Waals surface area contributed by atoms with Crippen molar-refractivity contribution in [2.24, 2.45) is 0 Å². The van der Waals surface area contributed by atoms with Crippen LogP contribution in [0.4, 0.5) is 0 Å². The second-order valence-corrected chi connectivity index (χ2v) is 15.2. The molecule has 6 nitrogen and oxygen atoms in total. The minimum atomic E-state index is 0.272. The van der Waals surface area contributed by atoms with Crippen molar-refractivity contribution in [3.05, 3.63) is 211 Å². The largest absolute Gasteiger partial charge is 0.309 e. The zero-order chi connectivity index (χ0) is 41.7. The number of nitrogens with zero attached hydrogens (tertiary/aromatic N) is 6. The Balaban J connectivity index is 1.19. The lowest BCUT2D eigenvalue weighted by Gasteiger charge is -2.17. The summed E-state index contributed by atoms with van der Waals surface area (Å²) >= 11 is 0. The highest BCUT2D eigenvalue weighted by Gasteiger charge is 2.26. The van der Waals surface area contributed by atoms with Crippen LogP contribution in [-0.2, 0) is 0 Å². The summed E-state index contributed by atoms with van der Waals surface area (Å²) in [4.78, 5) is 5.07. The van der Waals surface area contributed by atoms with Gasteiger partial charge in [-0.1, -0.05) is 146 Å². The molecule has 0 N–H and O–H groups in total. The summed E-state index contributed by atoms with van der Waals surface area (Å²) in [5, 5.41) is 37.0. The number of hydrogen-bond acceptors (Lipinski definition) is 4. The SMILES string of the molecule is N#Cc1cc(-c2nc(-c3ccccc3)c(C#N)c(-c3ccccc3)c2C#N)ccc1-c1cccc2c3c4c5ccccc5n(-c5ccccc5)c4ccc3n(-c3ccccc3)c12. The average Bonchev–Trinajstić information content (AvgIpc) is 3.87. The number of rotatable bonds is 6. The lowest BCUT2D eigenvalue weighted by Crippen LogP contribution is -2.02. The molecule has 0 saturated carbocycles. The highest BCUT2D eigenvalue weighted by Crippen LogP contribution is 2.46. The van der Waals surface area contributed by atoms with E-state index in [0.29, 0.717) is 33.6 Å². The standard InChI is InChI=1S/C56H32N6/c57-33-39-32-38(55-47(35-59)51(36-16-5-1-6-17-36)46(34-58)54(60-55)37-18-7-2-8-19-37)28-29-42(39)43-25-15-26-45-53-50(62(56(43)45)41-22-11-4-12-23-41)31-30-49-52(53)44-24-13-14-27-48(44)61(49)40-20-9-3-10-21-40/h1-32H. The van der Waals surface area contributed by atoms with Crippen LogP contribution in [0.3, 0.4) is 0 Å². The van der Waals surface area contributed by atoms with E-state index < -0.39 is 0 Å². The lowest BCUT2D eigenvalue weighted by atomic mass is 9.88. The van der Waals surface area contributed by atoms with Gasteiger partial charge >= 0.3 is 0 Å². The van der Waals surface area contributed by atoms with Crippen molar-refractivity contribution in [2.75, 3.05) is 0 Å². The minimum Gasteiger partial charge on any atom is -0.309 e. The predicted molar refractivity (Wildman–Crippen MR) is 249 cm³/mol. The molecule has 0 aliphatic rings. The fourth-order valence-electron chi connectivity index (χ4n) is 9.26. The quantitative estimate of drug-likeness (QED) is 0.168. The third-order valence-corrected chi connectivity index (χ3v) is 11.8. The van der Waals surface area contributed by atoms with Crippen LogP contribution in [0.15, 0.2) is 194 Å². The maximum absolute atomic E-state index is 11.0. The molecule has 3 aromatic heterocycles. The van der Waals surface area contributed by atoms with Gasteiger partial charge in [0, 0.05) is 60.7 Å². The van der Waals surface area contributed by atoms with E-state index in [9.17, 15) is 15.8 Å². The van der Waals surface area contributed by atoms with Crippen molar-refractivity contribution in [2.45, 2.75) is 0 Å². The summed E-state index contributed by atoms with van der Waals surface area (Å²) < 4.78 is 4.66. The van der Waals surface area contributed by atoms with Gasteiger partial charge in [0.2, 0.25) is 0 Å². The first-order valence-corrected chi connectivity index (χ1v) is 20.3. The molecular weight excluding hydrogens is 757 g/mol. The zero-order valence-corrected chi connectivity index (χ0v) is 33.2. The monoisotopic (exact) mass is 788 g/mol. The molecule has 8 aromatic carbocycles. The summed E-state index contributed by atoms with van der Waals surface area (Å²) in [6, 6.07) is 72.3. The fourth-order valence-corrected chi connectivity index (χ4v) is 9.26. The van der Waals surface area contributed by atoms with Crippen LogP contribution in [-0.4, -0.2) is 14.1 Å². The number of aromatic nitrogens is 3. The van der Waals surface area contributed by atoms with E-state index in [-0.39, 0.29) is 5.56 Å². The predicted octanol–water partition coefficient (Wildman–Crippen LogP) is 13.6. The molecule has 11 rings (SSSR count). The maximum atomic E-state index is 11.0. The van der Waals surface area contributed by atoms with Crippen LogP contribution in [0.25, 0.3) is 99.8 Å². The molecule has 0 amide bonds. The molecule has 286 valence electrons. The van der Waals surface area contributed by atoms with E-state index in [1.165, 1.54) is 0 Å². The third kappa shape index (κ3) is 5.51. The highest BCUT2D eigenvalue weighted by molar-refractivity contribution is 6.30. The minimum absolute atomic E-state index is 0.272. The van der Waals surface area contributed by atoms with E-state index in [1.54, 1.807) is 0 Å². The Bertz CT molecular complexity index is 3690. The van der Waals surface area contributed by atoms with Gasteiger partial charge in [0.05, 0.1) is 56.2 Å². The van der Waals surface area contributed by atoms with E-state index in [4.69, 9.17) is 4.98 Å². The second-order valence-electron chi connectivity index (χ2n) is 15.2. The Morgan fingerprint density at radius 3 is 1.56 bits per heavy atom. The number of pyridine rings is 1. The summed E-state index contributed by atoms with van der Waals surface area (Å²) in [5.41, 5.74) is 12.5. The van der Waals surface area contributed by atoms with Crippen LogP contribution in [0.1, 0.15) is 16.7 Å². The number of benzene rings is 8. The molecule has 0 atom stereocenters. The molecule has 11 aromatic rings. The van der Waals surface area contributed by atoms with E-state index in [1.807, 2.05) is 91.0 Å². The Morgan fingerprint density at radius 2 is 0.919 bits per heavy atom. The molecule has 62 heavy (non-hydrogen) atoms.